The van der Waals surface area contributed by atoms with Crippen LogP contribution in [0.4, 0.5) is 39.5 Å². The van der Waals surface area contributed by atoms with Gasteiger partial charge in [0, 0.05) is 17.4 Å². The van der Waals surface area contributed by atoms with Crippen LogP contribution in [0, 0.1) is 0 Å². The van der Waals surface area contributed by atoms with Gasteiger partial charge in [0.25, 0.3) is 5.91 Å². The fourth-order valence-electron chi connectivity index (χ4n) is 3.92. The van der Waals surface area contributed by atoms with Gasteiger partial charge >= 0.3 is 18.5 Å². The summed E-state index contributed by atoms with van der Waals surface area (Å²) in [6, 6.07) is 4.91. The third-order valence-corrected chi connectivity index (χ3v) is 6.67. The second-order valence-corrected chi connectivity index (χ2v) is 9.32. The van der Waals surface area contributed by atoms with Gasteiger partial charge < -0.3 is 10.2 Å². The van der Waals surface area contributed by atoms with Crippen molar-refractivity contribution in [1.29, 1.82) is 0 Å². The molecule has 39 heavy (non-hydrogen) atoms. The molecule has 1 aliphatic heterocycles. The summed E-state index contributed by atoms with van der Waals surface area (Å²) in [5.41, 5.74) is -6.31. The second kappa shape index (κ2) is 10.2. The predicted molar refractivity (Wildman–Crippen MR) is 121 cm³/mol. The van der Waals surface area contributed by atoms with Gasteiger partial charge in [-0.05, 0) is 41.5 Å². The topological polar surface area (TPSA) is 63.6 Å². The average molecular weight is 581 g/mol. The predicted octanol–water partition coefficient (Wildman–Crippen LogP) is 6.74. The van der Waals surface area contributed by atoms with E-state index in [1.54, 1.807) is 10.9 Å². The summed E-state index contributed by atoms with van der Waals surface area (Å²) in [7, 11) is 0. The highest BCUT2D eigenvalue weighted by molar-refractivity contribution is 7.07. The zero-order valence-electron chi connectivity index (χ0n) is 19.3. The Hall–Kier alpha value is -3.62. The number of nitrogens with one attached hydrogen (secondary N) is 1. The molecule has 0 fully saturated rings. The second-order valence-electron chi connectivity index (χ2n) is 8.60. The van der Waals surface area contributed by atoms with E-state index in [2.05, 4.69) is 15.5 Å². The van der Waals surface area contributed by atoms with E-state index >= 15 is 0 Å². The van der Waals surface area contributed by atoms with Crippen LogP contribution in [0.5, 0.6) is 0 Å². The molecule has 2 heterocycles. The molecule has 0 saturated carbocycles. The summed E-state index contributed by atoms with van der Waals surface area (Å²) in [5.74, 6) is -0.510. The first-order valence-electron chi connectivity index (χ1n) is 10.9. The van der Waals surface area contributed by atoms with Crippen molar-refractivity contribution in [2.75, 3.05) is 6.61 Å². The number of oxime groups is 1. The van der Waals surface area contributed by atoms with Gasteiger partial charge in [0.05, 0.1) is 34.6 Å². The molecular formula is C24H16F9N3O2S. The minimum absolute atomic E-state index is 0.0300. The van der Waals surface area contributed by atoms with Gasteiger partial charge in [-0.15, -0.1) is 11.3 Å². The third-order valence-electron chi connectivity index (χ3n) is 6.03. The lowest BCUT2D eigenvalue weighted by atomic mass is 9.73. The molecule has 15 heteroatoms. The summed E-state index contributed by atoms with van der Waals surface area (Å²) >= 11 is 1.33. The first-order valence-corrected chi connectivity index (χ1v) is 11.9. The van der Waals surface area contributed by atoms with E-state index in [4.69, 9.17) is 4.84 Å². The highest BCUT2D eigenvalue weighted by Crippen LogP contribution is 2.49. The number of benzene rings is 2. The molecule has 0 radical (unpaired) electrons. The minimum atomic E-state index is -5.34. The van der Waals surface area contributed by atoms with E-state index in [0.717, 1.165) is 0 Å². The van der Waals surface area contributed by atoms with Crippen molar-refractivity contribution in [3.05, 3.63) is 86.9 Å². The normalized spacial score (nSPS) is 18.3. The number of alkyl halides is 9. The van der Waals surface area contributed by atoms with Crippen molar-refractivity contribution in [3.63, 3.8) is 0 Å². The molecule has 1 aromatic heterocycles. The zero-order chi connectivity index (χ0) is 28.6. The van der Waals surface area contributed by atoms with Crippen molar-refractivity contribution in [2.45, 2.75) is 36.9 Å². The molecule has 3 aromatic rings. The van der Waals surface area contributed by atoms with E-state index in [-0.39, 0.29) is 41.6 Å². The highest BCUT2D eigenvalue weighted by atomic mass is 32.1. The van der Waals surface area contributed by atoms with Crippen molar-refractivity contribution in [1.82, 2.24) is 10.3 Å². The Morgan fingerprint density at radius 2 is 1.56 bits per heavy atom. The molecule has 0 saturated heterocycles. The van der Waals surface area contributed by atoms with Gasteiger partial charge in [0.1, 0.15) is 12.0 Å². The van der Waals surface area contributed by atoms with Crippen LogP contribution in [0.1, 0.15) is 44.7 Å². The van der Waals surface area contributed by atoms with Gasteiger partial charge in [-0.2, -0.15) is 39.5 Å². The summed E-state index contributed by atoms with van der Waals surface area (Å²) in [5, 5.41) is 7.91. The van der Waals surface area contributed by atoms with Crippen LogP contribution >= 0.6 is 11.3 Å². The summed E-state index contributed by atoms with van der Waals surface area (Å²) < 4.78 is 124. The molecule has 208 valence electrons. The molecule has 5 nitrogen and oxygen atoms in total. The van der Waals surface area contributed by atoms with Crippen molar-refractivity contribution < 1.29 is 49.1 Å². The smallest absolute Gasteiger partial charge is 0.394 e. The number of nitrogens with zero attached hydrogens (tertiary/aromatic N) is 2. The monoisotopic (exact) mass is 581 g/mol. The Morgan fingerprint density at radius 3 is 2.08 bits per heavy atom. The fraction of sp³-hybridized carbons (Fsp3) is 0.292. The number of rotatable bonds is 5. The Balaban J connectivity index is 1.66. The molecule has 1 amide bonds. The third kappa shape index (κ3) is 6.02. The fourth-order valence-corrected chi connectivity index (χ4v) is 4.48. The van der Waals surface area contributed by atoms with Gasteiger partial charge in [-0.25, -0.2) is 4.98 Å². The Kier molecular flexibility index (Phi) is 7.40. The van der Waals surface area contributed by atoms with Crippen LogP contribution in [0.25, 0.3) is 0 Å². The maximum atomic E-state index is 14.4. The Labute approximate surface area is 218 Å². The van der Waals surface area contributed by atoms with Crippen LogP contribution < -0.4 is 5.32 Å². The van der Waals surface area contributed by atoms with Crippen LogP contribution in [-0.4, -0.2) is 29.4 Å². The lowest BCUT2D eigenvalue weighted by Crippen LogP contribution is -2.49. The molecule has 4 rings (SSSR count). The number of hydrogen-bond acceptors (Lipinski definition) is 5. The van der Waals surface area contributed by atoms with Crippen LogP contribution in [0.15, 0.2) is 58.5 Å². The van der Waals surface area contributed by atoms with Gasteiger partial charge in [-0.3, -0.25) is 4.79 Å². The highest BCUT2D eigenvalue weighted by Gasteiger charge is 2.59. The van der Waals surface area contributed by atoms with E-state index in [1.807, 2.05) is 0 Å². The average Bonchev–Trinajstić information content (AvgIpc) is 3.39. The van der Waals surface area contributed by atoms with Crippen molar-refractivity contribution >= 4 is 23.0 Å². The van der Waals surface area contributed by atoms with Crippen LogP contribution in [-0.2, 0) is 29.1 Å². The largest absolute Gasteiger partial charge is 0.416 e. The lowest BCUT2D eigenvalue weighted by molar-refractivity contribution is -0.207. The van der Waals surface area contributed by atoms with E-state index in [1.165, 1.54) is 35.6 Å². The quantitative estimate of drug-likeness (QED) is 0.340. The number of carbonyl (C=O) groups is 1. The molecule has 1 aliphatic rings. The molecule has 1 unspecified atom stereocenters. The Bertz CT molecular complexity index is 1330. The maximum absolute atomic E-state index is 14.4. The van der Waals surface area contributed by atoms with E-state index in [9.17, 15) is 44.3 Å². The van der Waals surface area contributed by atoms with Crippen LogP contribution in [0.2, 0.25) is 0 Å². The number of thiazole rings is 1. The number of carbonyl (C=O) groups excluding carboxylic acids is 1. The first-order chi connectivity index (χ1) is 18.1. The standard InChI is InChI=1S/C24H16F9N3O2S/c25-22(26,27)16-5-15(6-17(7-16)23(28,29)30)21(24(31,32)33)8-19(36-38-11-21)13-1-3-14(4-2-13)20(37)34-9-18-10-39-12-35-18/h1-7,10,12H,8-9,11H2,(H,34,37). The molecule has 1 N–H and O–H groups in total. The van der Waals surface area contributed by atoms with Crippen LogP contribution in [0.3, 0.4) is 0 Å². The van der Waals surface area contributed by atoms with Gasteiger partial charge in [0.15, 0.2) is 0 Å². The minimum Gasteiger partial charge on any atom is -0.394 e. The number of halogens is 9. The molecule has 0 aliphatic carbocycles. The Morgan fingerprint density at radius 1 is 0.949 bits per heavy atom. The number of aromatic nitrogens is 1. The van der Waals surface area contributed by atoms with E-state index in [0.29, 0.717) is 5.69 Å². The molecular weight excluding hydrogens is 565 g/mol. The number of hydrogen-bond donors (Lipinski definition) is 1. The van der Waals surface area contributed by atoms with Crippen molar-refractivity contribution in [3.8, 4) is 0 Å². The summed E-state index contributed by atoms with van der Waals surface area (Å²) in [4.78, 5) is 21.1. The molecule has 1 atom stereocenters. The van der Waals surface area contributed by atoms with Gasteiger partial charge in [-0.1, -0.05) is 17.3 Å². The first kappa shape index (κ1) is 28.4. The lowest BCUT2D eigenvalue weighted by Gasteiger charge is -2.38. The van der Waals surface area contributed by atoms with Crippen molar-refractivity contribution in [2.24, 2.45) is 5.16 Å². The van der Waals surface area contributed by atoms with Gasteiger partial charge in [0.2, 0.25) is 0 Å². The van der Waals surface area contributed by atoms with E-state index < -0.39 is 59.6 Å². The SMILES string of the molecule is O=C(NCc1cscn1)c1ccc(C2=NOCC(c3cc(C(F)(F)F)cc(C(F)(F)F)c3)(C(F)(F)F)C2)cc1. The maximum Gasteiger partial charge on any atom is 0.416 e. The summed E-state index contributed by atoms with van der Waals surface area (Å²) in [6.45, 7) is -1.20. The zero-order valence-corrected chi connectivity index (χ0v) is 20.2. The molecule has 0 spiro atoms. The molecule has 2 aromatic carbocycles. The summed E-state index contributed by atoms with van der Waals surface area (Å²) in [6.07, 6.45) is -17.1. The molecule has 0 bridgehead atoms. The number of amides is 1.